The Hall–Kier alpha value is -1.41. The quantitative estimate of drug-likeness (QED) is 0.672. The Bertz CT molecular complexity index is 688. The summed E-state index contributed by atoms with van der Waals surface area (Å²) in [5, 5.41) is 0. The number of carbonyl (C=O) groups excluding carboxylic acids is 1. The zero-order chi connectivity index (χ0) is 14.8. The molecule has 4 aliphatic rings. The van der Waals surface area contributed by atoms with Crippen LogP contribution in [0.2, 0.25) is 0 Å². The Kier molecular flexibility index (Phi) is 4.25. The Balaban J connectivity index is 2.02. The van der Waals surface area contributed by atoms with E-state index in [4.69, 9.17) is 0 Å². The smallest absolute Gasteiger partial charge is 0.160 e. The zero-order valence-corrected chi connectivity index (χ0v) is 13.9. The molecule has 1 nitrogen and oxygen atoms in total. The van der Waals surface area contributed by atoms with E-state index in [9.17, 15) is 4.79 Å². The van der Waals surface area contributed by atoms with Crippen molar-refractivity contribution in [2.75, 3.05) is 0 Å². The molecule has 0 heterocycles. The van der Waals surface area contributed by atoms with Crippen LogP contribution in [0.4, 0.5) is 0 Å². The SMILES string of the molecule is CC(=O)c1cc2ccc1CCc1ccc(cc1Br)CCC2. The molecule has 2 aromatic carbocycles. The number of rotatable bonds is 1. The lowest BCUT2D eigenvalue weighted by Crippen LogP contribution is -2.03. The van der Waals surface area contributed by atoms with Crippen LogP contribution in [0.5, 0.6) is 0 Å². The van der Waals surface area contributed by atoms with Gasteiger partial charge in [0.05, 0.1) is 0 Å². The molecule has 0 fully saturated rings. The van der Waals surface area contributed by atoms with Gasteiger partial charge in [0.1, 0.15) is 0 Å². The maximum atomic E-state index is 11.9. The third-order valence-corrected chi connectivity index (χ3v) is 5.00. The van der Waals surface area contributed by atoms with Gasteiger partial charge in [-0.25, -0.2) is 0 Å². The average molecular weight is 343 g/mol. The predicted molar refractivity (Wildman–Crippen MR) is 90.0 cm³/mol. The normalized spacial score (nSPS) is 14.4. The molecule has 0 amide bonds. The van der Waals surface area contributed by atoms with Gasteiger partial charge >= 0.3 is 0 Å². The second-order valence-electron chi connectivity index (χ2n) is 5.83. The summed E-state index contributed by atoms with van der Waals surface area (Å²) in [6.07, 6.45) is 5.09. The molecule has 0 unspecified atom stereocenters. The van der Waals surface area contributed by atoms with Crippen molar-refractivity contribution in [1.29, 1.82) is 0 Å². The van der Waals surface area contributed by atoms with Gasteiger partial charge in [0.15, 0.2) is 5.78 Å². The minimum absolute atomic E-state index is 0.176. The predicted octanol–water partition coefficient (Wildman–Crippen LogP) is 4.93. The van der Waals surface area contributed by atoms with Crippen LogP contribution in [-0.4, -0.2) is 5.78 Å². The van der Waals surface area contributed by atoms with E-state index < -0.39 is 0 Å². The van der Waals surface area contributed by atoms with E-state index in [0.717, 1.165) is 37.7 Å². The van der Waals surface area contributed by atoms with E-state index in [1.54, 1.807) is 6.92 Å². The average Bonchev–Trinajstić information content (AvgIpc) is 2.50. The largest absolute Gasteiger partial charge is 0.295 e. The molecule has 0 aliphatic heterocycles. The molecular weight excluding hydrogens is 324 g/mol. The van der Waals surface area contributed by atoms with E-state index in [2.05, 4.69) is 52.3 Å². The molecule has 2 aromatic rings. The molecule has 108 valence electrons. The molecule has 4 bridgehead atoms. The van der Waals surface area contributed by atoms with Crippen LogP contribution in [0.1, 0.15) is 46.0 Å². The van der Waals surface area contributed by atoms with E-state index in [-0.39, 0.29) is 5.78 Å². The van der Waals surface area contributed by atoms with Crippen LogP contribution in [0.3, 0.4) is 0 Å². The lowest BCUT2D eigenvalue weighted by atomic mass is 9.95. The minimum atomic E-state index is 0.176. The van der Waals surface area contributed by atoms with Crippen molar-refractivity contribution in [2.45, 2.75) is 39.0 Å². The molecule has 0 N–H and O–H groups in total. The summed E-state index contributed by atoms with van der Waals surface area (Å²) in [4.78, 5) is 11.9. The molecule has 0 saturated carbocycles. The van der Waals surface area contributed by atoms with Gasteiger partial charge in [0, 0.05) is 10.0 Å². The summed E-state index contributed by atoms with van der Waals surface area (Å²) in [5.74, 6) is 0.176. The Labute approximate surface area is 134 Å². The van der Waals surface area contributed by atoms with E-state index in [0.29, 0.717) is 0 Å². The first-order valence-corrected chi connectivity index (χ1v) is 8.33. The number of ketones is 1. The maximum absolute atomic E-state index is 11.9. The Morgan fingerprint density at radius 1 is 0.905 bits per heavy atom. The summed E-state index contributed by atoms with van der Waals surface area (Å²) in [6.45, 7) is 1.67. The van der Waals surface area contributed by atoms with Gasteiger partial charge in [-0.1, -0.05) is 40.2 Å². The highest BCUT2D eigenvalue weighted by molar-refractivity contribution is 9.10. The molecule has 4 aliphatic carbocycles. The van der Waals surface area contributed by atoms with Crippen molar-refractivity contribution in [3.63, 3.8) is 0 Å². The first-order valence-electron chi connectivity index (χ1n) is 7.53. The molecule has 0 aromatic heterocycles. The summed E-state index contributed by atoms with van der Waals surface area (Å²) < 4.78 is 1.19. The standard InChI is InChI=1S/C19H19BrO/c1-13(21)18-11-14-3-2-4-15-6-8-17(19(20)12-15)10-9-16(18)7-5-14/h5-8,11-12H,2-4,9-10H2,1H3. The number of hydrogen-bond acceptors (Lipinski definition) is 1. The fourth-order valence-corrected chi connectivity index (χ4v) is 3.66. The molecule has 0 saturated heterocycles. The van der Waals surface area contributed by atoms with Crippen LogP contribution < -0.4 is 0 Å². The van der Waals surface area contributed by atoms with Gasteiger partial charge in [0.25, 0.3) is 0 Å². The second kappa shape index (κ2) is 6.15. The lowest BCUT2D eigenvalue weighted by Gasteiger charge is -2.10. The molecule has 0 spiro atoms. The fourth-order valence-electron chi connectivity index (χ4n) is 3.04. The molecule has 6 rings (SSSR count). The number of Topliss-reactive ketones (excluding diaryl/α,β-unsaturated/α-hetero) is 1. The number of halogens is 1. The van der Waals surface area contributed by atoms with Crippen LogP contribution in [0.25, 0.3) is 0 Å². The zero-order valence-electron chi connectivity index (χ0n) is 12.3. The van der Waals surface area contributed by atoms with Gasteiger partial charge < -0.3 is 0 Å². The summed E-state index contributed by atoms with van der Waals surface area (Å²) in [5.41, 5.74) is 6.04. The fraction of sp³-hybridized carbons (Fsp3) is 0.316. The van der Waals surface area contributed by atoms with Crippen molar-refractivity contribution < 1.29 is 4.79 Å². The molecule has 0 atom stereocenters. The lowest BCUT2D eigenvalue weighted by molar-refractivity contribution is 0.101. The monoisotopic (exact) mass is 342 g/mol. The summed E-state index contributed by atoms with van der Waals surface area (Å²) in [6, 6.07) is 13.1. The topological polar surface area (TPSA) is 17.1 Å². The highest BCUT2D eigenvalue weighted by Gasteiger charge is 2.11. The van der Waals surface area contributed by atoms with Gasteiger partial charge in [-0.05, 0) is 73.4 Å². The number of aryl methyl sites for hydroxylation is 4. The molecule has 21 heavy (non-hydrogen) atoms. The van der Waals surface area contributed by atoms with Crippen LogP contribution >= 0.6 is 15.9 Å². The van der Waals surface area contributed by atoms with Gasteiger partial charge in [-0.15, -0.1) is 0 Å². The Morgan fingerprint density at radius 3 is 2.19 bits per heavy atom. The third-order valence-electron chi connectivity index (χ3n) is 4.27. The van der Waals surface area contributed by atoms with Crippen LogP contribution in [-0.2, 0) is 25.7 Å². The highest BCUT2D eigenvalue weighted by Crippen LogP contribution is 2.24. The minimum Gasteiger partial charge on any atom is -0.295 e. The van der Waals surface area contributed by atoms with E-state index in [1.807, 2.05) is 0 Å². The number of hydrogen-bond donors (Lipinski definition) is 0. The van der Waals surface area contributed by atoms with Crippen LogP contribution in [0, 0.1) is 0 Å². The third kappa shape index (κ3) is 3.26. The van der Waals surface area contributed by atoms with Gasteiger partial charge in [0.2, 0.25) is 0 Å². The van der Waals surface area contributed by atoms with Crippen molar-refractivity contribution >= 4 is 21.7 Å². The van der Waals surface area contributed by atoms with Crippen molar-refractivity contribution in [3.05, 3.63) is 68.7 Å². The first-order chi connectivity index (χ1) is 10.1. The maximum Gasteiger partial charge on any atom is 0.160 e. The summed E-state index contributed by atoms with van der Waals surface area (Å²) >= 11 is 3.69. The van der Waals surface area contributed by atoms with Crippen molar-refractivity contribution in [1.82, 2.24) is 0 Å². The molecule has 2 heteroatoms. The summed E-state index contributed by atoms with van der Waals surface area (Å²) in [7, 11) is 0. The first kappa shape index (κ1) is 14.5. The van der Waals surface area contributed by atoms with Gasteiger partial charge in [-0.3, -0.25) is 4.79 Å². The van der Waals surface area contributed by atoms with Crippen molar-refractivity contribution in [2.24, 2.45) is 0 Å². The van der Waals surface area contributed by atoms with E-state index in [1.165, 1.54) is 26.7 Å². The highest BCUT2D eigenvalue weighted by atomic mass is 79.9. The molecule has 0 radical (unpaired) electrons. The van der Waals surface area contributed by atoms with Gasteiger partial charge in [-0.2, -0.15) is 0 Å². The second-order valence-corrected chi connectivity index (χ2v) is 6.68. The van der Waals surface area contributed by atoms with Crippen LogP contribution in [0.15, 0.2) is 40.9 Å². The number of benzene rings is 2. The van der Waals surface area contributed by atoms with E-state index >= 15 is 0 Å². The Morgan fingerprint density at radius 2 is 1.52 bits per heavy atom. The number of carbonyl (C=O) groups is 1. The molecular formula is C19H19BrO. The van der Waals surface area contributed by atoms with Crippen molar-refractivity contribution in [3.8, 4) is 0 Å².